The third kappa shape index (κ3) is 7.98. The minimum Gasteiger partial charge on any atom is -0.746 e. The zero-order chi connectivity index (χ0) is 21.7. The van der Waals surface area contributed by atoms with Gasteiger partial charge >= 0.3 is 29.6 Å². The Bertz CT molecular complexity index is 835. The molecule has 0 bridgehead atoms. The first-order chi connectivity index (χ1) is 12.8. The topological polar surface area (TPSA) is 237 Å². The van der Waals surface area contributed by atoms with Crippen molar-refractivity contribution in [1.29, 1.82) is 0 Å². The Hall–Kier alpha value is -0.400. The Morgan fingerprint density at radius 2 is 1.41 bits per heavy atom. The van der Waals surface area contributed by atoms with E-state index in [-0.39, 0.29) is 40.1 Å². The predicted molar refractivity (Wildman–Crippen MR) is 92.1 cm³/mol. The zero-order valence-electron chi connectivity index (χ0n) is 15.2. The predicted octanol–water partition coefficient (Wildman–Crippen LogP) is -7.36. The standard InChI is InChI=1S/C13H22N2O11S2.Na/c16-5-9(18)10(19)11(20)12(21)13(28(24,25)26)15-7-1-3-8(4-2-7)27(22,23)14-6-17;/h1-4,9-21H,5-6H2,(H,24,25,26);/q;+1/p-1. The van der Waals surface area contributed by atoms with E-state index in [9.17, 15) is 41.8 Å². The summed E-state index contributed by atoms with van der Waals surface area (Å²) in [5.74, 6) is 0. The number of sulfonamides is 1. The van der Waals surface area contributed by atoms with E-state index in [0.717, 1.165) is 24.3 Å². The Kier molecular flexibility index (Phi) is 11.7. The second kappa shape index (κ2) is 11.8. The molecule has 1 aromatic carbocycles. The molecule has 0 aliphatic carbocycles. The van der Waals surface area contributed by atoms with Gasteiger partial charge in [-0.2, -0.15) is 4.72 Å². The quantitative estimate of drug-likeness (QED) is 0.0859. The first kappa shape index (κ1) is 28.6. The fourth-order valence-corrected chi connectivity index (χ4v) is 3.72. The average molecular weight is 468 g/mol. The van der Waals surface area contributed by atoms with Crippen molar-refractivity contribution in [2.24, 2.45) is 0 Å². The molecule has 0 aliphatic rings. The smallest absolute Gasteiger partial charge is 0.746 e. The molecule has 16 heteroatoms. The van der Waals surface area contributed by atoms with Crippen molar-refractivity contribution < 1.29 is 81.6 Å². The molecular formula is C13H21N2NaO11S2. The molecule has 0 spiro atoms. The van der Waals surface area contributed by atoms with Crippen molar-refractivity contribution in [2.45, 2.75) is 34.7 Å². The molecule has 8 N–H and O–H groups in total. The Labute approximate surface area is 189 Å². The molecule has 1 aromatic rings. The van der Waals surface area contributed by atoms with Crippen LogP contribution in [0.25, 0.3) is 0 Å². The molecule has 0 aliphatic heterocycles. The molecule has 0 fully saturated rings. The summed E-state index contributed by atoms with van der Waals surface area (Å²) in [6.07, 6.45) is -8.82. The molecule has 1 rings (SSSR count). The molecule has 0 heterocycles. The van der Waals surface area contributed by atoms with Crippen molar-refractivity contribution in [3.8, 4) is 0 Å². The van der Waals surface area contributed by atoms with E-state index in [4.69, 9.17) is 10.2 Å². The average Bonchev–Trinajstić information content (AvgIpc) is 2.63. The Balaban J connectivity index is 0.00000784. The SMILES string of the molecule is O=S(=O)(NCO)c1ccc(NC(C(O)C(O)C(O)C(O)CO)S(=O)(=O)[O-])cc1.[Na+]. The van der Waals surface area contributed by atoms with E-state index >= 15 is 0 Å². The van der Waals surface area contributed by atoms with Crippen molar-refractivity contribution in [3.05, 3.63) is 24.3 Å². The van der Waals surface area contributed by atoms with Crippen molar-refractivity contribution in [3.63, 3.8) is 0 Å². The number of rotatable bonds is 11. The van der Waals surface area contributed by atoms with Gasteiger partial charge in [0.05, 0.1) is 11.5 Å². The summed E-state index contributed by atoms with van der Waals surface area (Å²) in [4.78, 5) is -0.296. The van der Waals surface area contributed by atoms with E-state index in [0.29, 0.717) is 0 Å². The van der Waals surface area contributed by atoms with Crippen LogP contribution in [0.1, 0.15) is 0 Å². The number of nitrogens with one attached hydrogen (secondary N) is 2. The number of aliphatic hydroxyl groups is 6. The van der Waals surface area contributed by atoms with Gasteiger partial charge in [-0.25, -0.2) is 16.8 Å². The summed E-state index contributed by atoms with van der Waals surface area (Å²) >= 11 is 0. The molecule has 0 aromatic heterocycles. The number of benzene rings is 1. The molecule has 0 saturated carbocycles. The minimum atomic E-state index is -5.31. The van der Waals surface area contributed by atoms with E-state index < -0.39 is 63.3 Å². The maximum atomic E-state index is 11.7. The summed E-state index contributed by atoms with van der Waals surface area (Å²) in [7, 11) is -9.33. The van der Waals surface area contributed by atoms with Crippen LogP contribution in [-0.4, -0.2) is 95.2 Å². The fraction of sp³-hybridized carbons (Fsp3) is 0.538. The van der Waals surface area contributed by atoms with E-state index in [1.807, 2.05) is 0 Å². The Morgan fingerprint density at radius 1 is 0.897 bits per heavy atom. The zero-order valence-corrected chi connectivity index (χ0v) is 18.8. The van der Waals surface area contributed by atoms with Gasteiger partial charge in [0.1, 0.15) is 46.6 Å². The van der Waals surface area contributed by atoms with Gasteiger partial charge in [0.15, 0.2) is 0 Å². The van der Waals surface area contributed by atoms with Gasteiger partial charge in [-0.05, 0) is 24.3 Å². The molecular weight excluding hydrogens is 447 g/mol. The van der Waals surface area contributed by atoms with Crippen molar-refractivity contribution >= 4 is 25.8 Å². The minimum absolute atomic E-state index is 0. The van der Waals surface area contributed by atoms with Crippen LogP contribution < -0.4 is 39.6 Å². The van der Waals surface area contributed by atoms with Crippen LogP contribution in [0.15, 0.2) is 29.2 Å². The maximum absolute atomic E-state index is 11.7. The van der Waals surface area contributed by atoms with Crippen LogP contribution >= 0.6 is 0 Å². The first-order valence-corrected chi connectivity index (χ1v) is 10.6. The molecule has 5 atom stereocenters. The van der Waals surface area contributed by atoms with Crippen LogP contribution in [0, 0.1) is 0 Å². The normalized spacial score (nSPS) is 17.5. The van der Waals surface area contributed by atoms with Crippen LogP contribution in [0.2, 0.25) is 0 Å². The summed E-state index contributed by atoms with van der Waals surface area (Å²) in [6.45, 7) is -1.87. The molecule has 162 valence electrons. The molecule has 13 nitrogen and oxygen atoms in total. The third-order valence-electron chi connectivity index (χ3n) is 3.63. The number of hydrogen-bond acceptors (Lipinski definition) is 12. The van der Waals surface area contributed by atoms with E-state index in [2.05, 4.69) is 5.32 Å². The molecule has 0 amide bonds. The number of anilines is 1. The van der Waals surface area contributed by atoms with Gasteiger partial charge in [0.2, 0.25) is 10.0 Å². The van der Waals surface area contributed by atoms with Crippen molar-refractivity contribution in [2.75, 3.05) is 18.7 Å². The molecule has 29 heavy (non-hydrogen) atoms. The summed E-state index contributed by atoms with van der Waals surface area (Å²) < 4.78 is 59.5. The number of hydrogen-bond donors (Lipinski definition) is 8. The second-order valence-corrected chi connectivity index (χ2v) is 8.87. The van der Waals surface area contributed by atoms with Crippen LogP contribution in [0.5, 0.6) is 0 Å². The maximum Gasteiger partial charge on any atom is 1.00 e. The van der Waals surface area contributed by atoms with Crippen LogP contribution in [0.3, 0.4) is 0 Å². The monoisotopic (exact) mass is 468 g/mol. The van der Waals surface area contributed by atoms with Gasteiger partial charge in [0, 0.05) is 5.69 Å². The summed E-state index contributed by atoms with van der Waals surface area (Å²) in [6, 6.07) is 4.09. The molecule has 5 unspecified atom stereocenters. The molecule has 0 radical (unpaired) electrons. The van der Waals surface area contributed by atoms with E-state index in [1.165, 1.54) is 0 Å². The molecule has 0 saturated heterocycles. The van der Waals surface area contributed by atoms with Gasteiger partial charge in [-0.3, -0.25) is 0 Å². The largest absolute Gasteiger partial charge is 1.00 e. The van der Waals surface area contributed by atoms with Gasteiger partial charge in [-0.15, -0.1) is 0 Å². The number of aliphatic hydroxyl groups excluding tert-OH is 6. The van der Waals surface area contributed by atoms with E-state index in [1.54, 1.807) is 4.72 Å². The Morgan fingerprint density at radius 3 is 1.83 bits per heavy atom. The van der Waals surface area contributed by atoms with Crippen LogP contribution in [0.4, 0.5) is 5.69 Å². The van der Waals surface area contributed by atoms with Gasteiger partial charge in [0.25, 0.3) is 0 Å². The van der Waals surface area contributed by atoms with Gasteiger partial charge < -0.3 is 40.5 Å². The second-order valence-electron chi connectivity index (χ2n) is 5.61. The van der Waals surface area contributed by atoms with Gasteiger partial charge in [-0.1, -0.05) is 0 Å². The summed E-state index contributed by atoms with van der Waals surface area (Å²) in [5, 5.41) is 55.7. The first-order valence-electron chi connectivity index (χ1n) is 7.60. The third-order valence-corrected chi connectivity index (χ3v) is 6.05. The van der Waals surface area contributed by atoms with Crippen molar-refractivity contribution in [1.82, 2.24) is 4.72 Å². The van der Waals surface area contributed by atoms with Crippen LogP contribution in [-0.2, 0) is 20.1 Å². The fourth-order valence-electron chi connectivity index (χ4n) is 2.11. The summed E-state index contributed by atoms with van der Waals surface area (Å²) in [5.41, 5.74) is -0.143.